The fourth-order valence-electron chi connectivity index (χ4n) is 3.26. The maximum absolute atomic E-state index is 11.5. The Bertz CT molecular complexity index is 751. The highest BCUT2D eigenvalue weighted by Crippen LogP contribution is 2.24. The average Bonchev–Trinajstić information content (AvgIpc) is 2.91. The lowest BCUT2D eigenvalue weighted by Gasteiger charge is -2.14. The average molecular weight is 307 g/mol. The highest BCUT2D eigenvalue weighted by Gasteiger charge is 2.29. The van der Waals surface area contributed by atoms with Crippen molar-refractivity contribution < 1.29 is 8.42 Å². The molecule has 1 saturated heterocycles. The van der Waals surface area contributed by atoms with Crippen LogP contribution in [0.2, 0.25) is 0 Å². The van der Waals surface area contributed by atoms with Crippen molar-refractivity contribution in [3.63, 3.8) is 0 Å². The van der Waals surface area contributed by atoms with Crippen LogP contribution in [0.25, 0.3) is 10.9 Å². The first-order valence-corrected chi connectivity index (χ1v) is 9.13. The molecule has 0 spiro atoms. The van der Waals surface area contributed by atoms with Crippen LogP contribution in [-0.4, -0.2) is 35.7 Å². The van der Waals surface area contributed by atoms with Crippen LogP contribution >= 0.6 is 0 Å². The Hall–Kier alpha value is -1.40. The van der Waals surface area contributed by atoms with Gasteiger partial charge in [-0.2, -0.15) is 5.10 Å². The van der Waals surface area contributed by atoms with Crippen molar-refractivity contribution >= 4 is 20.7 Å². The van der Waals surface area contributed by atoms with Gasteiger partial charge in [-0.1, -0.05) is 18.2 Å². The van der Waals surface area contributed by atoms with Crippen molar-refractivity contribution in [2.75, 3.05) is 11.5 Å². The van der Waals surface area contributed by atoms with Gasteiger partial charge in [0, 0.05) is 24.9 Å². The molecule has 1 fully saturated rings. The maximum atomic E-state index is 11.5. The molecule has 2 unspecified atom stereocenters. The molecule has 1 aliphatic rings. The van der Waals surface area contributed by atoms with Crippen LogP contribution in [0.4, 0.5) is 0 Å². The molecule has 0 bridgehead atoms. The molecule has 2 N–H and O–H groups in total. The predicted molar refractivity (Wildman–Crippen MR) is 83.8 cm³/mol. The van der Waals surface area contributed by atoms with Gasteiger partial charge in [-0.15, -0.1) is 0 Å². The minimum absolute atomic E-state index is 0.0402. The van der Waals surface area contributed by atoms with Crippen LogP contribution in [-0.2, 0) is 23.3 Å². The summed E-state index contributed by atoms with van der Waals surface area (Å²) in [6.45, 7) is 0. The van der Waals surface area contributed by atoms with Crippen LogP contribution < -0.4 is 5.73 Å². The molecule has 6 heteroatoms. The molecule has 2 aromatic rings. The third-order valence-corrected chi connectivity index (χ3v) is 6.09. The lowest BCUT2D eigenvalue weighted by molar-refractivity contribution is 0.465. The second-order valence-corrected chi connectivity index (χ2v) is 8.29. The Morgan fingerprint density at radius 3 is 2.90 bits per heavy atom. The maximum Gasteiger partial charge on any atom is 0.150 e. The normalized spacial score (nSPS) is 22.7. The van der Waals surface area contributed by atoms with Gasteiger partial charge in [-0.05, 0) is 24.8 Å². The first kappa shape index (κ1) is 14.5. The molecule has 1 aromatic carbocycles. The summed E-state index contributed by atoms with van der Waals surface area (Å²) in [5, 5.41) is 5.69. The van der Waals surface area contributed by atoms with E-state index in [1.54, 1.807) is 0 Å². The van der Waals surface area contributed by atoms with Crippen LogP contribution in [0.5, 0.6) is 0 Å². The lowest BCUT2D eigenvalue weighted by atomic mass is 9.96. The van der Waals surface area contributed by atoms with E-state index in [0.29, 0.717) is 17.9 Å². The highest BCUT2D eigenvalue weighted by atomic mass is 32.2. The summed E-state index contributed by atoms with van der Waals surface area (Å²) in [7, 11) is -0.888. The van der Waals surface area contributed by atoms with Gasteiger partial charge in [0.25, 0.3) is 0 Å². The predicted octanol–water partition coefficient (Wildman–Crippen LogP) is 1.27. The molecule has 0 aliphatic carbocycles. The van der Waals surface area contributed by atoms with E-state index in [4.69, 9.17) is 5.73 Å². The number of sulfone groups is 1. The summed E-state index contributed by atoms with van der Waals surface area (Å²) in [6.07, 6.45) is 2.20. The quantitative estimate of drug-likeness (QED) is 0.922. The van der Waals surface area contributed by atoms with Gasteiger partial charge in [0.1, 0.15) is 0 Å². The first-order valence-electron chi connectivity index (χ1n) is 7.31. The SMILES string of the molecule is Cn1nc(CC(N)CC2CCS(=O)(=O)C2)c2ccccc21. The summed E-state index contributed by atoms with van der Waals surface area (Å²) in [6, 6.07) is 8.06. The molecule has 1 aromatic heterocycles. The second-order valence-electron chi connectivity index (χ2n) is 6.06. The van der Waals surface area contributed by atoms with E-state index >= 15 is 0 Å². The number of para-hydroxylation sites is 1. The Balaban J connectivity index is 1.71. The zero-order chi connectivity index (χ0) is 15.0. The van der Waals surface area contributed by atoms with Crippen LogP contribution in [0, 0.1) is 5.92 Å². The van der Waals surface area contributed by atoms with E-state index in [-0.39, 0.29) is 12.0 Å². The summed E-state index contributed by atoms with van der Waals surface area (Å²) >= 11 is 0. The monoisotopic (exact) mass is 307 g/mol. The highest BCUT2D eigenvalue weighted by molar-refractivity contribution is 7.91. The minimum atomic E-state index is -2.82. The van der Waals surface area contributed by atoms with Crippen molar-refractivity contribution in [3.8, 4) is 0 Å². The molecule has 0 amide bonds. The van der Waals surface area contributed by atoms with Crippen LogP contribution in [0.3, 0.4) is 0 Å². The number of fused-ring (bicyclic) bond motifs is 1. The molecule has 2 heterocycles. The van der Waals surface area contributed by atoms with Crippen molar-refractivity contribution in [2.45, 2.75) is 25.3 Å². The number of hydrogen-bond donors (Lipinski definition) is 1. The van der Waals surface area contributed by atoms with Crippen molar-refractivity contribution in [1.82, 2.24) is 9.78 Å². The fourth-order valence-corrected chi connectivity index (χ4v) is 5.14. The van der Waals surface area contributed by atoms with Crippen LogP contribution in [0.1, 0.15) is 18.5 Å². The Labute approximate surface area is 125 Å². The molecule has 0 radical (unpaired) electrons. The van der Waals surface area contributed by atoms with Gasteiger partial charge in [-0.25, -0.2) is 8.42 Å². The second kappa shape index (κ2) is 5.42. The standard InChI is InChI=1S/C15H21N3O2S/c1-18-15-5-3-2-4-13(15)14(17-18)9-12(16)8-11-6-7-21(19,20)10-11/h2-5,11-12H,6-10,16H2,1H3. The molecular formula is C15H21N3O2S. The number of benzene rings is 1. The molecule has 21 heavy (non-hydrogen) atoms. The summed E-state index contributed by atoms with van der Waals surface area (Å²) in [5.41, 5.74) is 8.33. The topological polar surface area (TPSA) is 78.0 Å². The van der Waals surface area contributed by atoms with Gasteiger partial charge >= 0.3 is 0 Å². The van der Waals surface area contributed by atoms with Gasteiger partial charge in [0.05, 0.1) is 22.7 Å². The number of aromatic nitrogens is 2. The van der Waals surface area contributed by atoms with Crippen molar-refractivity contribution in [1.29, 1.82) is 0 Å². The number of nitrogens with two attached hydrogens (primary N) is 1. The zero-order valence-electron chi connectivity index (χ0n) is 12.2. The largest absolute Gasteiger partial charge is 0.327 e. The number of nitrogens with zero attached hydrogens (tertiary/aromatic N) is 2. The van der Waals surface area contributed by atoms with Crippen molar-refractivity contribution in [3.05, 3.63) is 30.0 Å². The van der Waals surface area contributed by atoms with Gasteiger partial charge in [0.15, 0.2) is 9.84 Å². The lowest BCUT2D eigenvalue weighted by Crippen LogP contribution is -2.27. The first-order chi connectivity index (χ1) is 9.94. The van der Waals surface area contributed by atoms with Gasteiger partial charge in [0.2, 0.25) is 0 Å². The molecule has 3 rings (SSSR count). The van der Waals surface area contributed by atoms with E-state index in [9.17, 15) is 8.42 Å². The van der Waals surface area contributed by atoms with E-state index < -0.39 is 9.84 Å². The molecule has 5 nitrogen and oxygen atoms in total. The number of hydrogen-bond acceptors (Lipinski definition) is 4. The molecule has 0 saturated carbocycles. The van der Waals surface area contributed by atoms with E-state index in [0.717, 1.165) is 29.4 Å². The molecule has 114 valence electrons. The van der Waals surface area contributed by atoms with Gasteiger partial charge in [-0.3, -0.25) is 4.68 Å². The summed E-state index contributed by atoms with van der Waals surface area (Å²) < 4.78 is 24.9. The third kappa shape index (κ3) is 3.11. The summed E-state index contributed by atoms with van der Waals surface area (Å²) in [4.78, 5) is 0. The molecule has 2 atom stereocenters. The zero-order valence-corrected chi connectivity index (χ0v) is 13.0. The van der Waals surface area contributed by atoms with Crippen molar-refractivity contribution in [2.24, 2.45) is 18.7 Å². The van der Waals surface area contributed by atoms with E-state index in [1.807, 2.05) is 29.9 Å². The molecular weight excluding hydrogens is 286 g/mol. The van der Waals surface area contributed by atoms with Gasteiger partial charge < -0.3 is 5.73 Å². The third-order valence-electron chi connectivity index (χ3n) is 4.25. The Morgan fingerprint density at radius 2 is 2.19 bits per heavy atom. The number of rotatable bonds is 4. The van der Waals surface area contributed by atoms with E-state index in [1.165, 1.54) is 0 Å². The van der Waals surface area contributed by atoms with E-state index in [2.05, 4.69) is 11.2 Å². The Kier molecular flexibility index (Phi) is 3.75. The fraction of sp³-hybridized carbons (Fsp3) is 0.533. The molecule has 1 aliphatic heterocycles. The minimum Gasteiger partial charge on any atom is -0.327 e. The van der Waals surface area contributed by atoms with Crippen LogP contribution in [0.15, 0.2) is 24.3 Å². The summed E-state index contributed by atoms with van der Waals surface area (Å²) in [5.74, 6) is 0.820. The smallest absolute Gasteiger partial charge is 0.150 e. The number of aryl methyl sites for hydroxylation is 1. The Morgan fingerprint density at radius 1 is 1.43 bits per heavy atom.